The van der Waals surface area contributed by atoms with Gasteiger partial charge < -0.3 is 10.2 Å². The highest BCUT2D eigenvalue weighted by Gasteiger charge is 2.36. The maximum Gasteiger partial charge on any atom is 0.416 e. The van der Waals surface area contributed by atoms with Crippen molar-refractivity contribution in [1.29, 1.82) is 0 Å². The predicted molar refractivity (Wildman–Crippen MR) is 168 cm³/mol. The molecule has 4 rings (SSSR count). The lowest BCUT2D eigenvalue weighted by Gasteiger charge is -2.34. The van der Waals surface area contributed by atoms with Crippen molar-refractivity contribution in [3.05, 3.63) is 94.5 Å². The molecule has 0 bridgehead atoms. The number of anilines is 1. The third-order valence-corrected chi connectivity index (χ3v) is 9.99. The van der Waals surface area contributed by atoms with Crippen molar-refractivity contribution in [2.75, 3.05) is 10.8 Å². The molecule has 0 aromatic heterocycles. The minimum atomic E-state index is -4.75. The van der Waals surface area contributed by atoms with Crippen molar-refractivity contribution in [3.8, 4) is 0 Å². The molecule has 0 aliphatic heterocycles. The fourth-order valence-electron chi connectivity index (χ4n) is 5.45. The van der Waals surface area contributed by atoms with E-state index in [2.05, 4.69) is 5.32 Å². The van der Waals surface area contributed by atoms with Gasteiger partial charge in [-0.2, -0.15) is 13.2 Å². The van der Waals surface area contributed by atoms with Gasteiger partial charge in [-0.15, -0.1) is 0 Å². The van der Waals surface area contributed by atoms with Crippen LogP contribution in [0.5, 0.6) is 0 Å². The van der Waals surface area contributed by atoms with Gasteiger partial charge in [0.25, 0.3) is 10.0 Å². The summed E-state index contributed by atoms with van der Waals surface area (Å²) in [5.41, 5.74) is 0.0287. The molecule has 0 spiro atoms. The van der Waals surface area contributed by atoms with Gasteiger partial charge in [0.15, 0.2) is 0 Å². The third-order valence-electron chi connectivity index (χ3n) is 7.95. The average molecular weight is 664 g/mol. The fourth-order valence-corrected chi connectivity index (χ4v) is 6.99. The molecule has 0 saturated heterocycles. The molecule has 3 aromatic rings. The first kappa shape index (κ1) is 34.3. The summed E-state index contributed by atoms with van der Waals surface area (Å²) < 4.78 is 69.7. The van der Waals surface area contributed by atoms with Crippen molar-refractivity contribution >= 4 is 39.1 Å². The number of amides is 2. The van der Waals surface area contributed by atoms with Crippen molar-refractivity contribution in [1.82, 2.24) is 10.2 Å². The van der Waals surface area contributed by atoms with E-state index >= 15 is 0 Å². The Morgan fingerprint density at radius 2 is 1.62 bits per heavy atom. The van der Waals surface area contributed by atoms with Crippen LogP contribution < -0.4 is 9.62 Å². The van der Waals surface area contributed by atoms with E-state index < -0.39 is 40.3 Å². The number of carbonyl (C=O) groups is 2. The molecular weight excluding hydrogens is 627 g/mol. The van der Waals surface area contributed by atoms with Crippen molar-refractivity contribution in [3.63, 3.8) is 0 Å². The van der Waals surface area contributed by atoms with Crippen LogP contribution in [0.25, 0.3) is 0 Å². The van der Waals surface area contributed by atoms with Crippen LogP contribution in [-0.2, 0) is 32.3 Å². The Hall–Kier alpha value is -3.57. The largest absolute Gasteiger partial charge is 0.416 e. The van der Waals surface area contributed by atoms with Crippen LogP contribution in [0.1, 0.15) is 62.1 Å². The highest BCUT2D eigenvalue weighted by Crippen LogP contribution is 2.33. The van der Waals surface area contributed by atoms with E-state index in [1.54, 1.807) is 50.2 Å². The van der Waals surface area contributed by atoms with E-state index in [-0.39, 0.29) is 35.5 Å². The van der Waals surface area contributed by atoms with Crippen LogP contribution in [0.4, 0.5) is 18.9 Å². The number of alkyl halides is 3. The standard InChI is InChI=1S/C33H37ClF3N3O4S/c1-3-30(32(42)38-27-9-5-4-6-10-27)39(21-24-14-16-26(34)17-15-24)31(41)22-40(28-11-7-8-25(20-28)33(35,36)37)45(43,44)29-18-12-23(2)13-19-29/h7-8,11-20,27,30H,3-6,9-10,21-22H2,1-2H3,(H,38,42)/t30-/m1/s1. The Morgan fingerprint density at radius 1 is 0.978 bits per heavy atom. The summed E-state index contributed by atoms with van der Waals surface area (Å²) in [5.74, 6) is -1.11. The van der Waals surface area contributed by atoms with Crippen LogP contribution >= 0.6 is 11.6 Å². The van der Waals surface area contributed by atoms with Gasteiger partial charge in [-0.05, 0) is 74.2 Å². The van der Waals surface area contributed by atoms with Crippen LogP contribution in [0.2, 0.25) is 5.02 Å². The van der Waals surface area contributed by atoms with Gasteiger partial charge in [0.2, 0.25) is 11.8 Å². The second kappa shape index (κ2) is 14.7. The maximum atomic E-state index is 14.2. The molecule has 1 saturated carbocycles. The molecule has 7 nitrogen and oxygen atoms in total. The Balaban J connectivity index is 1.75. The summed E-state index contributed by atoms with van der Waals surface area (Å²) in [5, 5.41) is 3.53. The Bertz CT molecular complexity index is 1580. The topological polar surface area (TPSA) is 86.8 Å². The van der Waals surface area contributed by atoms with Gasteiger partial charge in [-0.25, -0.2) is 8.42 Å². The molecule has 0 heterocycles. The zero-order valence-corrected chi connectivity index (χ0v) is 26.8. The Kier molecular flexibility index (Phi) is 11.2. The molecule has 1 atom stereocenters. The van der Waals surface area contributed by atoms with Crippen LogP contribution in [-0.4, -0.2) is 43.8 Å². The molecule has 45 heavy (non-hydrogen) atoms. The molecule has 0 radical (unpaired) electrons. The molecular formula is C33H37ClF3N3O4S. The summed E-state index contributed by atoms with van der Waals surface area (Å²) >= 11 is 6.06. The first-order valence-corrected chi connectivity index (χ1v) is 16.7. The molecule has 0 unspecified atom stereocenters. The number of hydrogen-bond donors (Lipinski definition) is 1. The molecule has 1 aliphatic carbocycles. The normalized spacial score (nSPS) is 14.9. The van der Waals surface area contributed by atoms with Crippen molar-refractivity contribution in [2.45, 2.75) is 82.1 Å². The van der Waals surface area contributed by atoms with E-state index in [9.17, 15) is 31.2 Å². The lowest BCUT2D eigenvalue weighted by Crippen LogP contribution is -2.54. The molecule has 3 aromatic carbocycles. The smallest absolute Gasteiger partial charge is 0.352 e. The monoisotopic (exact) mass is 663 g/mol. The van der Waals surface area contributed by atoms with E-state index in [1.807, 2.05) is 0 Å². The van der Waals surface area contributed by atoms with Crippen LogP contribution in [0, 0.1) is 6.92 Å². The van der Waals surface area contributed by atoms with E-state index in [0.717, 1.165) is 49.8 Å². The quantitative estimate of drug-likeness (QED) is 0.237. The minimum Gasteiger partial charge on any atom is -0.352 e. The fraction of sp³-hybridized carbons (Fsp3) is 0.394. The van der Waals surface area contributed by atoms with Gasteiger partial charge in [0.1, 0.15) is 12.6 Å². The number of benzene rings is 3. The number of aryl methyl sites for hydroxylation is 1. The maximum absolute atomic E-state index is 14.2. The molecule has 2 amide bonds. The van der Waals surface area contributed by atoms with Gasteiger partial charge in [0.05, 0.1) is 16.1 Å². The van der Waals surface area contributed by atoms with E-state index in [0.29, 0.717) is 21.0 Å². The highest BCUT2D eigenvalue weighted by molar-refractivity contribution is 7.92. The second-order valence-electron chi connectivity index (χ2n) is 11.3. The summed E-state index contributed by atoms with van der Waals surface area (Å²) in [6, 6.07) is 15.3. The molecule has 1 fully saturated rings. The molecule has 242 valence electrons. The minimum absolute atomic E-state index is 0.0312. The number of hydrogen-bond acceptors (Lipinski definition) is 4. The number of sulfonamides is 1. The first-order chi connectivity index (χ1) is 21.3. The van der Waals surface area contributed by atoms with Gasteiger partial charge >= 0.3 is 6.18 Å². The molecule has 12 heteroatoms. The number of carbonyl (C=O) groups excluding carboxylic acids is 2. The average Bonchev–Trinajstić information content (AvgIpc) is 3.01. The van der Waals surface area contributed by atoms with Crippen molar-refractivity contribution in [2.24, 2.45) is 0 Å². The van der Waals surface area contributed by atoms with Gasteiger partial charge in [-0.3, -0.25) is 13.9 Å². The zero-order valence-electron chi connectivity index (χ0n) is 25.2. The summed E-state index contributed by atoms with van der Waals surface area (Å²) in [6.07, 6.45) is 0.189. The van der Waals surface area contributed by atoms with Crippen LogP contribution in [0.3, 0.4) is 0 Å². The Morgan fingerprint density at radius 3 is 2.22 bits per heavy atom. The highest BCUT2D eigenvalue weighted by atomic mass is 35.5. The summed E-state index contributed by atoms with van der Waals surface area (Å²) in [4.78, 5) is 28.9. The van der Waals surface area contributed by atoms with E-state index in [1.165, 1.54) is 23.1 Å². The lowest BCUT2D eigenvalue weighted by molar-refractivity contribution is -0.140. The van der Waals surface area contributed by atoms with Crippen molar-refractivity contribution < 1.29 is 31.2 Å². The van der Waals surface area contributed by atoms with E-state index in [4.69, 9.17) is 11.6 Å². The Labute approximate surface area is 267 Å². The number of nitrogens with one attached hydrogen (secondary N) is 1. The zero-order chi connectivity index (χ0) is 32.8. The van der Waals surface area contributed by atoms with Gasteiger partial charge in [-0.1, -0.05) is 73.7 Å². The molecule has 1 aliphatic rings. The third kappa shape index (κ3) is 8.79. The SMILES string of the molecule is CC[C@H](C(=O)NC1CCCCC1)N(Cc1ccc(Cl)cc1)C(=O)CN(c1cccc(C(F)(F)F)c1)S(=O)(=O)c1ccc(C)cc1. The number of rotatable bonds is 11. The second-order valence-corrected chi connectivity index (χ2v) is 13.6. The first-order valence-electron chi connectivity index (χ1n) is 14.9. The lowest BCUT2D eigenvalue weighted by atomic mass is 9.95. The predicted octanol–water partition coefficient (Wildman–Crippen LogP) is 7.12. The number of halogens is 4. The molecule has 1 N–H and O–H groups in total. The van der Waals surface area contributed by atoms with Gasteiger partial charge in [0, 0.05) is 17.6 Å². The number of nitrogens with zero attached hydrogens (tertiary/aromatic N) is 2. The van der Waals surface area contributed by atoms with Crippen LogP contribution in [0.15, 0.2) is 77.7 Å². The summed E-state index contributed by atoms with van der Waals surface area (Å²) in [7, 11) is -4.52. The summed E-state index contributed by atoms with van der Waals surface area (Å²) in [6.45, 7) is 2.63.